The van der Waals surface area contributed by atoms with Crippen LogP contribution in [0.1, 0.15) is 33.1 Å². The Kier molecular flexibility index (Phi) is 2.42. The van der Waals surface area contributed by atoms with Gasteiger partial charge in [0.25, 0.3) is 0 Å². The SMILES string of the molecule is CC1C(C)C2CC1C1C3CC(C(=O)N(C)C)C(C3)C21. The van der Waals surface area contributed by atoms with E-state index in [9.17, 15) is 4.79 Å². The molecule has 4 rings (SSSR count). The van der Waals surface area contributed by atoms with E-state index in [0.29, 0.717) is 11.8 Å². The van der Waals surface area contributed by atoms with Crippen molar-refractivity contribution in [1.29, 1.82) is 0 Å². The number of rotatable bonds is 1. The molecular weight excluding hydrogens is 234 g/mol. The summed E-state index contributed by atoms with van der Waals surface area (Å²) in [5.41, 5.74) is 0. The van der Waals surface area contributed by atoms with Crippen molar-refractivity contribution in [2.75, 3.05) is 14.1 Å². The van der Waals surface area contributed by atoms with E-state index < -0.39 is 0 Å². The largest absolute Gasteiger partial charge is 0.349 e. The van der Waals surface area contributed by atoms with Gasteiger partial charge in [0.15, 0.2) is 0 Å². The minimum Gasteiger partial charge on any atom is -0.349 e. The first-order chi connectivity index (χ1) is 9.00. The molecule has 0 aliphatic heterocycles. The van der Waals surface area contributed by atoms with E-state index >= 15 is 0 Å². The van der Waals surface area contributed by atoms with Crippen molar-refractivity contribution in [2.45, 2.75) is 33.1 Å². The maximum absolute atomic E-state index is 12.4. The van der Waals surface area contributed by atoms with Gasteiger partial charge >= 0.3 is 0 Å². The number of hydrogen-bond acceptors (Lipinski definition) is 1. The van der Waals surface area contributed by atoms with E-state index in [1.165, 1.54) is 19.3 Å². The molecule has 4 aliphatic carbocycles. The number of carbonyl (C=O) groups is 1. The van der Waals surface area contributed by atoms with Crippen LogP contribution >= 0.6 is 0 Å². The summed E-state index contributed by atoms with van der Waals surface area (Å²) in [6.07, 6.45) is 4.05. The fourth-order valence-corrected chi connectivity index (χ4v) is 6.84. The Morgan fingerprint density at radius 1 is 0.895 bits per heavy atom. The molecule has 19 heavy (non-hydrogen) atoms. The molecule has 4 aliphatic rings. The lowest BCUT2D eigenvalue weighted by Gasteiger charge is -2.43. The van der Waals surface area contributed by atoms with Gasteiger partial charge in [-0.2, -0.15) is 0 Å². The summed E-state index contributed by atoms with van der Waals surface area (Å²) in [7, 11) is 3.86. The molecule has 0 radical (unpaired) electrons. The highest BCUT2D eigenvalue weighted by atomic mass is 16.2. The number of hydrogen-bond donors (Lipinski definition) is 0. The van der Waals surface area contributed by atoms with Crippen LogP contribution in [-0.4, -0.2) is 24.9 Å². The summed E-state index contributed by atoms with van der Waals surface area (Å²) >= 11 is 0. The van der Waals surface area contributed by atoms with Gasteiger partial charge in [-0.05, 0) is 66.6 Å². The van der Waals surface area contributed by atoms with Crippen molar-refractivity contribution < 1.29 is 4.79 Å². The van der Waals surface area contributed by atoms with Crippen LogP contribution in [0.2, 0.25) is 0 Å². The average molecular weight is 261 g/mol. The van der Waals surface area contributed by atoms with Gasteiger partial charge in [0, 0.05) is 20.0 Å². The number of fused-ring (bicyclic) bond motifs is 9. The van der Waals surface area contributed by atoms with Crippen LogP contribution in [0.5, 0.6) is 0 Å². The summed E-state index contributed by atoms with van der Waals surface area (Å²) in [6, 6.07) is 0. The topological polar surface area (TPSA) is 20.3 Å². The summed E-state index contributed by atoms with van der Waals surface area (Å²) in [4.78, 5) is 14.2. The monoisotopic (exact) mass is 261 g/mol. The molecule has 4 saturated carbocycles. The molecule has 4 fully saturated rings. The van der Waals surface area contributed by atoms with Gasteiger partial charge in [0.1, 0.15) is 0 Å². The van der Waals surface area contributed by atoms with Gasteiger partial charge in [-0.25, -0.2) is 0 Å². The second-order valence-corrected chi connectivity index (χ2v) is 8.17. The van der Waals surface area contributed by atoms with Gasteiger partial charge < -0.3 is 4.90 Å². The molecule has 0 aromatic heterocycles. The second kappa shape index (κ2) is 3.77. The third-order valence-corrected chi connectivity index (χ3v) is 7.60. The molecule has 0 heterocycles. The van der Waals surface area contributed by atoms with Crippen LogP contribution < -0.4 is 0 Å². The molecule has 0 spiro atoms. The maximum Gasteiger partial charge on any atom is 0.225 e. The van der Waals surface area contributed by atoms with Gasteiger partial charge in [0.05, 0.1) is 0 Å². The molecule has 2 heteroatoms. The second-order valence-electron chi connectivity index (χ2n) is 8.17. The van der Waals surface area contributed by atoms with E-state index in [1.807, 2.05) is 19.0 Å². The first-order valence-corrected chi connectivity index (χ1v) is 8.22. The van der Waals surface area contributed by atoms with Gasteiger partial charge in [0.2, 0.25) is 5.91 Å². The van der Waals surface area contributed by atoms with Crippen LogP contribution in [0.15, 0.2) is 0 Å². The van der Waals surface area contributed by atoms with Crippen molar-refractivity contribution in [3.05, 3.63) is 0 Å². The van der Waals surface area contributed by atoms with Crippen LogP contribution in [0, 0.1) is 53.3 Å². The Morgan fingerprint density at radius 3 is 2.16 bits per heavy atom. The van der Waals surface area contributed by atoms with E-state index in [4.69, 9.17) is 0 Å². The lowest BCUT2D eigenvalue weighted by atomic mass is 9.62. The molecule has 9 atom stereocenters. The summed E-state index contributed by atoms with van der Waals surface area (Å²) in [5.74, 6) is 8.07. The number of nitrogens with zero attached hydrogens (tertiary/aromatic N) is 1. The fourth-order valence-electron chi connectivity index (χ4n) is 6.84. The molecular formula is C17H27NO. The lowest BCUT2D eigenvalue weighted by molar-refractivity contribution is -0.136. The zero-order chi connectivity index (χ0) is 13.5. The van der Waals surface area contributed by atoms with E-state index in [-0.39, 0.29) is 0 Å². The van der Waals surface area contributed by atoms with Gasteiger partial charge in [-0.15, -0.1) is 0 Å². The first kappa shape index (κ1) is 12.2. The molecule has 2 nitrogen and oxygen atoms in total. The third-order valence-electron chi connectivity index (χ3n) is 7.60. The molecule has 1 amide bonds. The zero-order valence-corrected chi connectivity index (χ0v) is 12.7. The fraction of sp³-hybridized carbons (Fsp3) is 0.941. The Balaban J connectivity index is 1.62. The van der Waals surface area contributed by atoms with E-state index in [1.54, 1.807) is 0 Å². The quantitative estimate of drug-likeness (QED) is 0.665. The van der Waals surface area contributed by atoms with Crippen molar-refractivity contribution in [1.82, 2.24) is 4.90 Å². The predicted octanol–water partition coefficient (Wildman–Crippen LogP) is 2.88. The highest BCUT2D eigenvalue weighted by Crippen LogP contribution is 2.71. The van der Waals surface area contributed by atoms with Crippen molar-refractivity contribution in [3.63, 3.8) is 0 Å². The molecule has 0 saturated heterocycles. The lowest BCUT2D eigenvalue weighted by Crippen LogP contribution is -2.43. The van der Waals surface area contributed by atoms with Crippen molar-refractivity contribution in [3.8, 4) is 0 Å². The van der Waals surface area contributed by atoms with Crippen LogP contribution in [0.4, 0.5) is 0 Å². The minimum absolute atomic E-state index is 0.364. The maximum atomic E-state index is 12.4. The summed E-state index contributed by atoms with van der Waals surface area (Å²) in [5, 5.41) is 0. The Labute approximate surface area is 116 Å². The summed E-state index contributed by atoms with van der Waals surface area (Å²) < 4.78 is 0. The molecule has 106 valence electrons. The molecule has 4 bridgehead atoms. The minimum atomic E-state index is 0.364. The van der Waals surface area contributed by atoms with E-state index in [2.05, 4.69) is 13.8 Å². The third kappa shape index (κ3) is 1.36. The Hall–Kier alpha value is -0.530. The van der Waals surface area contributed by atoms with Gasteiger partial charge in [-0.3, -0.25) is 4.79 Å². The van der Waals surface area contributed by atoms with E-state index in [0.717, 1.165) is 47.3 Å². The van der Waals surface area contributed by atoms with Crippen molar-refractivity contribution in [2.24, 2.45) is 53.3 Å². The van der Waals surface area contributed by atoms with Crippen LogP contribution in [0.25, 0.3) is 0 Å². The molecule has 9 unspecified atom stereocenters. The zero-order valence-electron chi connectivity index (χ0n) is 12.7. The highest BCUT2D eigenvalue weighted by molar-refractivity contribution is 5.79. The molecule has 0 N–H and O–H groups in total. The Bertz CT molecular complexity index is 417. The first-order valence-electron chi connectivity index (χ1n) is 8.22. The van der Waals surface area contributed by atoms with Crippen LogP contribution in [0.3, 0.4) is 0 Å². The summed E-state index contributed by atoms with van der Waals surface area (Å²) in [6.45, 7) is 4.96. The van der Waals surface area contributed by atoms with Crippen LogP contribution in [-0.2, 0) is 4.79 Å². The Morgan fingerprint density at radius 2 is 1.53 bits per heavy atom. The van der Waals surface area contributed by atoms with Crippen molar-refractivity contribution >= 4 is 5.91 Å². The standard InChI is InChI=1S/C17H27NO/c1-8-9(2)12-7-11(8)15-10-5-13(16(12)15)14(6-10)17(19)18(3)4/h8-16H,5-7H2,1-4H3. The predicted molar refractivity (Wildman–Crippen MR) is 75.3 cm³/mol. The average Bonchev–Trinajstić information content (AvgIpc) is 3.08. The molecule has 0 aromatic carbocycles. The number of carbonyl (C=O) groups excluding carboxylic acids is 1. The number of amides is 1. The normalized spacial score (nSPS) is 57.6. The van der Waals surface area contributed by atoms with Gasteiger partial charge in [-0.1, -0.05) is 13.8 Å². The molecule has 0 aromatic rings. The highest BCUT2D eigenvalue weighted by Gasteiger charge is 2.66. The smallest absolute Gasteiger partial charge is 0.225 e.